The number of nitrogen functional groups attached to an aromatic ring is 1. The largest absolute Gasteiger partial charge is 0.397 e. The van der Waals surface area contributed by atoms with Gasteiger partial charge in [0.05, 0.1) is 11.4 Å². The van der Waals surface area contributed by atoms with Crippen LogP contribution in [0.15, 0.2) is 52.3 Å². The van der Waals surface area contributed by atoms with Crippen molar-refractivity contribution in [1.29, 1.82) is 0 Å². The van der Waals surface area contributed by atoms with Gasteiger partial charge in [0.25, 0.3) is 10.0 Å². The molecular formula is C20H21N3O3S2. The summed E-state index contributed by atoms with van der Waals surface area (Å²) in [5.74, 6) is -0.181. The zero-order chi connectivity index (χ0) is 20.3. The molecule has 28 heavy (non-hydrogen) atoms. The molecule has 2 aromatic carbocycles. The molecular weight excluding hydrogens is 394 g/mol. The zero-order valence-electron chi connectivity index (χ0n) is 15.6. The fourth-order valence-electron chi connectivity index (χ4n) is 2.79. The van der Waals surface area contributed by atoms with E-state index in [9.17, 15) is 13.2 Å². The highest BCUT2D eigenvalue weighted by Crippen LogP contribution is 2.26. The van der Waals surface area contributed by atoms with Crippen molar-refractivity contribution in [2.75, 3.05) is 10.5 Å². The lowest BCUT2D eigenvalue weighted by Gasteiger charge is -2.11. The van der Waals surface area contributed by atoms with Crippen molar-refractivity contribution in [1.82, 2.24) is 4.98 Å². The molecule has 0 spiro atoms. The molecule has 0 radical (unpaired) electrons. The first-order valence-corrected chi connectivity index (χ1v) is 11.2. The Kier molecular flexibility index (Phi) is 5.81. The van der Waals surface area contributed by atoms with E-state index < -0.39 is 10.0 Å². The molecule has 1 heterocycles. The average molecular weight is 416 g/mol. The zero-order valence-corrected chi connectivity index (χ0v) is 17.2. The van der Waals surface area contributed by atoms with Crippen molar-refractivity contribution in [3.63, 3.8) is 0 Å². The monoisotopic (exact) mass is 415 g/mol. The second-order valence-electron chi connectivity index (χ2n) is 6.28. The highest BCUT2D eigenvalue weighted by atomic mass is 32.2. The quantitative estimate of drug-likeness (QED) is 0.450. The van der Waals surface area contributed by atoms with Crippen molar-refractivity contribution in [3.8, 4) is 0 Å². The van der Waals surface area contributed by atoms with Crippen LogP contribution >= 0.6 is 11.3 Å². The number of ketones is 1. The van der Waals surface area contributed by atoms with E-state index in [-0.39, 0.29) is 21.5 Å². The van der Waals surface area contributed by atoms with Crippen LogP contribution in [0, 0.1) is 0 Å². The van der Waals surface area contributed by atoms with E-state index in [4.69, 9.17) is 5.73 Å². The topological polar surface area (TPSA) is 102 Å². The number of nitrogens with one attached hydrogen (secondary N) is 1. The summed E-state index contributed by atoms with van der Waals surface area (Å²) in [5.41, 5.74) is 9.42. The van der Waals surface area contributed by atoms with E-state index in [0.29, 0.717) is 11.1 Å². The Morgan fingerprint density at radius 3 is 2.32 bits per heavy atom. The molecule has 8 heteroatoms. The van der Waals surface area contributed by atoms with E-state index in [1.165, 1.54) is 18.3 Å². The van der Waals surface area contributed by atoms with Gasteiger partial charge in [-0.2, -0.15) is 8.42 Å². The molecule has 3 rings (SSSR count). The lowest BCUT2D eigenvalue weighted by atomic mass is 9.96. The minimum absolute atomic E-state index is 0.0631. The number of carbonyl (C=O) groups is 1. The molecule has 3 N–H and O–H groups in total. The highest BCUT2D eigenvalue weighted by molar-refractivity contribution is 7.94. The Morgan fingerprint density at radius 2 is 1.75 bits per heavy atom. The number of thiazole rings is 1. The van der Waals surface area contributed by atoms with Gasteiger partial charge < -0.3 is 5.73 Å². The summed E-state index contributed by atoms with van der Waals surface area (Å²) in [5, 5.41) is 1.57. The van der Waals surface area contributed by atoms with Crippen LogP contribution in [0.1, 0.15) is 40.9 Å². The van der Waals surface area contributed by atoms with Gasteiger partial charge in [-0.1, -0.05) is 19.9 Å². The van der Waals surface area contributed by atoms with Crippen LogP contribution in [0.3, 0.4) is 0 Å². The Balaban J connectivity index is 1.96. The number of benzene rings is 2. The normalized spacial score (nSPS) is 11.4. The molecule has 0 aliphatic rings. The molecule has 0 aliphatic heterocycles. The SMILES string of the molecule is CCc1cc(CC)cc(C(=O)c2ccc(N)c(NS(=O)(=O)c3nccs3)c2)c1. The summed E-state index contributed by atoms with van der Waals surface area (Å²) >= 11 is 1.00. The fourth-order valence-corrected chi connectivity index (χ4v) is 4.70. The summed E-state index contributed by atoms with van der Waals surface area (Å²) in [6, 6.07) is 10.4. The van der Waals surface area contributed by atoms with Crippen LogP contribution in [0.5, 0.6) is 0 Å². The molecule has 6 nitrogen and oxygen atoms in total. The van der Waals surface area contributed by atoms with E-state index >= 15 is 0 Å². The van der Waals surface area contributed by atoms with Crippen LogP contribution in [0.4, 0.5) is 11.4 Å². The van der Waals surface area contributed by atoms with Crippen LogP contribution in [-0.4, -0.2) is 19.2 Å². The maximum atomic E-state index is 13.0. The number of nitrogens with two attached hydrogens (primary N) is 1. The van der Waals surface area contributed by atoms with Crippen molar-refractivity contribution in [2.45, 2.75) is 31.0 Å². The second-order valence-corrected chi connectivity index (χ2v) is 9.03. The Hall–Kier alpha value is -2.71. The molecule has 0 amide bonds. The van der Waals surface area contributed by atoms with Gasteiger partial charge in [0.2, 0.25) is 4.34 Å². The van der Waals surface area contributed by atoms with Gasteiger partial charge >= 0.3 is 0 Å². The van der Waals surface area contributed by atoms with E-state index in [0.717, 1.165) is 35.3 Å². The molecule has 0 aliphatic carbocycles. The molecule has 0 bridgehead atoms. The predicted molar refractivity (Wildman–Crippen MR) is 112 cm³/mol. The molecule has 0 fully saturated rings. The molecule has 1 aromatic heterocycles. The maximum Gasteiger partial charge on any atom is 0.289 e. The number of carbonyl (C=O) groups excluding carboxylic acids is 1. The third-order valence-electron chi connectivity index (χ3n) is 4.33. The first-order chi connectivity index (χ1) is 13.3. The molecule has 0 atom stereocenters. The van der Waals surface area contributed by atoms with E-state index in [2.05, 4.69) is 15.8 Å². The number of hydrogen-bond donors (Lipinski definition) is 2. The third kappa shape index (κ3) is 4.23. The summed E-state index contributed by atoms with van der Waals surface area (Å²) in [6.07, 6.45) is 3.07. The van der Waals surface area contributed by atoms with Crippen LogP contribution in [0.25, 0.3) is 0 Å². The molecule has 0 unspecified atom stereocenters. The highest BCUT2D eigenvalue weighted by Gasteiger charge is 2.20. The van der Waals surface area contributed by atoms with Gasteiger partial charge in [-0.05, 0) is 54.3 Å². The fraction of sp³-hybridized carbons (Fsp3) is 0.200. The molecule has 146 valence electrons. The predicted octanol–water partition coefficient (Wildman–Crippen LogP) is 3.88. The lowest BCUT2D eigenvalue weighted by molar-refractivity contribution is 0.103. The maximum absolute atomic E-state index is 13.0. The Bertz CT molecular complexity index is 1090. The number of anilines is 2. The van der Waals surface area contributed by atoms with Gasteiger partial charge in [-0.3, -0.25) is 9.52 Å². The smallest absolute Gasteiger partial charge is 0.289 e. The number of nitrogens with zero attached hydrogens (tertiary/aromatic N) is 1. The van der Waals surface area contributed by atoms with Crippen LogP contribution in [0.2, 0.25) is 0 Å². The standard InChI is InChI=1S/C20H21N3O3S2/c1-3-13-9-14(4-2)11-16(10-13)19(24)15-5-6-17(21)18(12-15)23-28(25,26)20-22-7-8-27-20/h5-12,23H,3-4,21H2,1-2H3. The average Bonchev–Trinajstić information content (AvgIpc) is 3.24. The molecule has 0 saturated carbocycles. The number of aromatic nitrogens is 1. The first kappa shape index (κ1) is 20.0. The minimum atomic E-state index is -3.85. The van der Waals surface area contributed by atoms with Crippen molar-refractivity contribution >= 4 is 38.5 Å². The van der Waals surface area contributed by atoms with Crippen LogP contribution in [-0.2, 0) is 22.9 Å². The van der Waals surface area contributed by atoms with Gasteiger partial charge in [-0.15, -0.1) is 11.3 Å². The number of aryl methyl sites for hydroxylation is 2. The Morgan fingerprint density at radius 1 is 1.07 bits per heavy atom. The van der Waals surface area contributed by atoms with E-state index in [1.807, 2.05) is 26.0 Å². The third-order valence-corrected chi connectivity index (χ3v) is 6.90. The minimum Gasteiger partial charge on any atom is -0.397 e. The van der Waals surface area contributed by atoms with Crippen LogP contribution < -0.4 is 10.5 Å². The summed E-state index contributed by atoms with van der Waals surface area (Å²) < 4.78 is 27.2. The summed E-state index contributed by atoms with van der Waals surface area (Å²) in [4.78, 5) is 16.8. The summed E-state index contributed by atoms with van der Waals surface area (Å²) in [6.45, 7) is 4.08. The number of hydrogen-bond acceptors (Lipinski definition) is 6. The molecule has 3 aromatic rings. The van der Waals surface area contributed by atoms with E-state index in [1.54, 1.807) is 11.4 Å². The van der Waals surface area contributed by atoms with Crippen molar-refractivity contribution in [3.05, 3.63) is 70.2 Å². The van der Waals surface area contributed by atoms with Gasteiger partial charge in [0, 0.05) is 22.7 Å². The van der Waals surface area contributed by atoms with Gasteiger partial charge in [0.1, 0.15) is 0 Å². The second kappa shape index (κ2) is 8.12. The summed E-state index contributed by atoms with van der Waals surface area (Å²) in [7, 11) is -3.85. The number of sulfonamides is 1. The molecule has 0 saturated heterocycles. The number of rotatable bonds is 7. The lowest BCUT2D eigenvalue weighted by Crippen LogP contribution is -2.14. The van der Waals surface area contributed by atoms with Gasteiger partial charge in [-0.25, -0.2) is 4.98 Å². The first-order valence-electron chi connectivity index (χ1n) is 8.83. The van der Waals surface area contributed by atoms with Crippen molar-refractivity contribution in [2.24, 2.45) is 0 Å². The van der Waals surface area contributed by atoms with Crippen molar-refractivity contribution < 1.29 is 13.2 Å². The van der Waals surface area contributed by atoms with Gasteiger partial charge in [0.15, 0.2) is 5.78 Å². The Labute approximate surface area is 168 Å².